The number of fused-ring (bicyclic) bond motifs is 1. The number of hydrogen-bond donors (Lipinski definition) is 2. The Labute approximate surface area is 195 Å². The topological polar surface area (TPSA) is 101 Å². The van der Waals surface area contributed by atoms with E-state index >= 15 is 0 Å². The maximum Gasteiger partial charge on any atom is 0.335 e. The highest BCUT2D eigenvalue weighted by molar-refractivity contribution is 5.96. The average molecular weight is 450 g/mol. The third kappa shape index (κ3) is 4.23. The number of carboxylic acid groups (broad SMARTS) is 1. The molecule has 0 radical (unpaired) electrons. The van der Waals surface area contributed by atoms with Crippen LogP contribution in [0.4, 0.5) is 0 Å². The highest BCUT2D eigenvalue weighted by Gasteiger charge is 2.15. The number of rotatable bonds is 7. The lowest BCUT2D eigenvalue weighted by molar-refractivity contribution is 0.0696. The Kier molecular flexibility index (Phi) is 5.51. The van der Waals surface area contributed by atoms with Gasteiger partial charge in [0.15, 0.2) is 5.78 Å². The lowest BCUT2D eigenvalue weighted by atomic mass is 10.0. The van der Waals surface area contributed by atoms with Gasteiger partial charge in [-0.05, 0) is 60.5 Å². The Bertz CT molecular complexity index is 1500. The second kappa shape index (κ2) is 8.78. The summed E-state index contributed by atoms with van der Waals surface area (Å²) >= 11 is 0. The molecule has 7 nitrogen and oxygen atoms in total. The van der Waals surface area contributed by atoms with Crippen molar-refractivity contribution in [1.29, 1.82) is 0 Å². The largest absolute Gasteiger partial charge is 0.478 e. The average Bonchev–Trinajstić information content (AvgIpc) is 3.46. The molecule has 0 saturated carbocycles. The second-order valence-electron chi connectivity index (χ2n) is 8.19. The second-order valence-corrected chi connectivity index (χ2v) is 8.19. The molecule has 0 aliphatic carbocycles. The molecule has 3 aromatic heterocycles. The number of aromatic amines is 1. The van der Waals surface area contributed by atoms with E-state index in [0.29, 0.717) is 18.5 Å². The number of carbonyl (C=O) groups excluding carboxylic acids is 1. The Balaban J connectivity index is 1.34. The SMILES string of the molecule is Cn1nc(C(=O)CCc2ccc(C(=O)O)cc2)cc1-c1ccc2[nH]c(-c3cccnc3)cc2c1. The number of ketones is 1. The van der Waals surface area contributed by atoms with Crippen LogP contribution in [0.3, 0.4) is 0 Å². The number of H-pyrrole nitrogens is 1. The van der Waals surface area contributed by atoms with Gasteiger partial charge in [0, 0.05) is 53.6 Å². The number of carboxylic acids is 1. The Morgan fingerprint density at radius 2 is 1.82 bits per heavy atom. The molecular weight excluding hydrogens is 428 g/mol. The zero-order valence-corrected chi connectivity index (χ0v) is 18.5. The van der Waals surface area contributed by atoms with Crippen molar-refractivity contribution in [2.24, 2.45) is 7.05 Å². The van der Waals surface area contributed by atoms with E-state index in [2.05, 4.69) is 27.2 Å². The molecule has 34 heavy (non-hydrogen) atoms. The quantitative estimate of drug-likeness (QED) is 0.334. The van der Waals surface area contributed by atoms with E-state index in [9.17, 15) is 9.59 Å². The minimum atomic E-state index is -0.963. The fraction of sp³-hybridized carbons (Fsp3) is 0.111. The monoisotopic (exact) mass is 450 g/mol. The van der Waals surface area contributed by atoms with Gasteiger partial charge >= 0.3 is 5.97 Å². The number of nitrogens with zero attached hydrogens (tertiary/aromatic N) is 3. The van der Waals surface area contributed by atoms with Gasteiger partial charge in [-0.3, -0.25) is 14.5 Å². The summed E-state index contributed by atoms with van der Waals surface area (Å²) in [4.78, 5) is 31.4. The molecule has 0 unspecified atom stereocenters. The van der Waals surface area contributed by atoms with Gasteiger partial charge in [-0.1, -0.05) is 18.2 Å². The number of carbonyl (C=O) groups is 2. The van der Waals surface area contributed by atoms with Crippen molar-refractivity contribution in [2.45, 2.75) is 12.8 Å². The van der Waals surface area contributed by atoms with Gasteiger partial charge < -0.3 is 10.1 Å². The first-order chi connectivity index (χ1) is 16.5. The molecule has 0 atom stereocenters. The van der Waals surface area contributed by atoms with E-state index in [4.69, 9.17) is 5.11 Å². The third-order valence-corrected chi connectivity index (χ3v) is 5.90. The fourth-order valence-electron chi connectivity index (χ4n) is 4.04. The molecule has 0 aliphatic rings. The van der Waals surface area contributed by atoms with Crippen LogP contribution in [-0.4, -0.2) is 36.6 Å². The van der Waals surface area contributed by atoms with Crippen molar-refractivity contribution < 1.29 is 14.7 Å². The molecule has 5 aromatic rings. The summed E-state index contributed by atoms with van der Waals surface area (Å²) < 4.78 is 1.73. The van der Waals surface area contributed by atoms with E-state index in [1.807, 2.05) is 43.6 Å². The summed E-state index contributed by atoms with van der Waals surface area (Å²) in [5.41, 5.74) is 6.44. The van der Waals surface area contributed by atoms with Crippen molar-refractivity contribution in [3.8, 4) is 22.5 Å². The maximum absolute atomic E-state index is 12.8. The molecule has 0 amide bonds. The molecular formula is C27H22N4O3. The highest BCUT2D eigenvalue weighted by Crippen LogP contribution is 2.28. The Hall–Kier alpha value is -4.52. The van der Waals surface area contributed by atoms with Crippen LogP contribution in [0, 0.1) is 0 Å². The van der Waals surface area contributed by atoms with Crippen LogP contribution in [-0.2, 0) is 13.5 Å². The zero-order valence-electron chi connectivity index (χ0n) is 18.5. The standard InChI is InChI=1S/C27H22N4O3/c1-31-25(15-24(30-31)26(32)11-6-17-4-7-18(8-5-17)27(33)34)19-9-10-22-21(13-19)14-23(29-22)20-3-2-12-28-16-20/h2-5,7-10,12-16,29H,6,11H2,1H3,(H,33,34). The molecule has 3 heterocycles. The van der Waals surface area contributed by atoms with Crippen molar-refractivity contribution >= 4 is 22.7 Å². The number of aromatic carboxylic acids is 1. The molecule has 0 fully saturated rings. The fourth-order valence-corrected chi connectivity index (χ4v) is 4.04. The molecule has 5 rings (SSSR count). The van der Waals surface area contributed by atoms with Gasteiger partial charge in [0.25, 0.3) is 0 Å². The number of hydrogen-bond acceptors (Lipinski definition) is 4. The van der Waals surface area contributed by atoms with E-state index in [1.165, 1.54) is 0 Å². The minimum absolute atomic E-state index is 0.0502. The van der Waals surface area contributed by atoms with Crippen molar-refractivity contribution in [3.63, 3.8) is 0 Å². The highest BCUT2D eigenvalue weighted by atomic mass is 16.4. The summed E-state index contributed by atoms with van der Waals surface area (Å²) in [5, 5.41) is 14.5. The number of aromatic nitrogens is 4. The predicted octanol–water partition coefficient (Wildman–Crippen LogP) is 5.14. The molecule has 168 valence electrons. The molecule has 2 N–H and O–H groups in total. The molecule has 0 saturated heterocycles. The normalized spacial score (nSPS) is 11.1. The van der Waals surface area contributed by atoms with Crippen LogP contribution in [0.25, 0.3) is 33.4 Å². The molecule has 2 aromatic carbocycles. The first kappa shape index (κ1) is 21.3. The van der Waals surface area contributed by atoms with E-state index in [0.717, 1.165) is 39.0 Å². The zero-order chi connectivity index (χ0) is 23.7. The lowest BCUT2D eigenvalue weighted by Gasteiger charge is -2.01. The lowest BCUT2D eigenvalue weighted by Crippen LogP contribution is -2.03. The van der Waals surface area contributed by atoms with E-state index < -0.39 is 5.97 Å². The van der Waals surface area contributed by atoms with Crippen molar-refractivity contribution in [3.05, 3.63) is 95.9 Å². The van der Waals surface area contributed by atoms with Gasteiger partial charge in [0.2, 0.25) is 0 Å². The first-order valence-corrected chi connectivity index (χ1v) is 10.9. The van der Waals surface area contributed by atoms with Crippen LogP contribution in [0.2, 0.25) is 0 Å². The van der Waals surface area contributed by atoms with Gasteiger partial charge in [0.05, 0.1) is 11.3 Å². The summed E-state index contributed by atoms with van der Waals surface area (Å²) in [5.74, 6) is -1.01. The van der Waals surface area contributed by atoms with Gasteiger partial charge in [-0.25, -0.2) is 4.79 Å². The van der Waals surface area contributed by atoms with Gasteiger partial charge in [0.1, 0.15) is 5.69 Å². The number of aryl methyl sites for hydroxylation is 2. The van der Waals surface area contributed by atoms with Gasteiger partial charge in [-0.2, -0.15) is 5.10 Å². The summed E-state index contributed by atoms with van der Waals surface area (Å²) in [7, 11) is 1.83. The molecule has 0 aliphatic heterocycles. The van der Waals surface area contributed by atoms with Gasteiger partial charge in [-0.15, -0.1) is 0 Å². The predicted molar refractivity (Wildman–Crippen MR) is 130 cm³/mol. The van der Waals surface area contributed by atoms with Crippen molar-refractivity contribution in [2.75, 3.05) is 0 Å². The first-order valence-electron chi connectivity index (χ1n) is 10.9. The smallest absolute Gasteiger partial charge is 0.335 e. The Morgan fingerprint density at radius 1 is 1.00 bits per heavy atom. The number of pyridine rings is 1. The van der Waals surface area contributed by atoms with Crippen LogP contribution in [0.15, 0.2) is 79.1 Å². The molecule has 0 spiro atoms. The van der Waals surface area contributed by atoms with E-state index in [1.54, 1.807) is 35.1 Å². The van der Waals surface area contributed by atoms with Crippen molar-refractivity contribution in [1.82, 2.24) is 19.7 Å². The summed E-state index contributed by atoms with van der Waals surface area (Å²) in [6.07, 6.45) is 4.40. The third-order valence-electron chi connectivity index (χ3n) is 5.90. The van der Waals surface area contributed by atoms with Crippen LogP contribution in [0.5, 0.6) is 0 Å². The number of Topliss-reactive ketones (excluding diaryl/α,β-unsaturated/α-hetero) is 1. The minimum Gasteiger partial charge on any atom is -0.478 e. The van der Waals surface area contributed by atoms with Crippen LogP contribution < -0.4 is 0 Å². The molecule has 0 bridgehead atoms. The van der Waals surface area contributed by atoms with Crippen LogP contribution >= 0.6 is 0 Å². The van der Waals surface area contributed by atoms with E-state index in [-0.39, 0.29) is 11.3 Å². The van der Waals surface area contributed by atoms with Crippen LogP contribution in [0.1, 0.15) is 32.8 Å². The maximum atomic E-state index is 12.8. The summed E-state index contributed by atoms with van der Waals surface area (Å²) in [6, 6.07) is 20.6. The molecule has 7 heteroatoms. The number of benzene rings is 2. The Morgan fingerprint density at radius 3 is 2.56 bits per heavy atom. The number of nitrogens with one attached hydrogen (secondary N) is 1. The summed E-state index contributed by atoms with van der Waals surface area (Å²) in [6.45, 7) is 0.